The molecule has 0 atom stereocenters. The number of alkyl halides is 3. The minimum absolute atomic E-state index is 0.299. The molecule has 0 heterocycles. The Morgan fingerprint density at radius 2 is 1.00 bits per heavy atom. The molecule has 0 N–H and O–H groups in total. The van der Waals surface area contributed by atoms with E-state index < -0.39 is 17.2 Å². The molecule has 1 aromatic carbocycles. The highest BCUT2D eigenvalue weighted by molar-refractivity contribution is 5.39. The zero-order valence-electron chi connectivity index (χ0n) is 13.4. The van der Waals surface area contributed by atoms with Crippen molar-refractivity contribution in [2.45, 2.75) is 60.1 Å². The van der Waals surface area contributed by atoms with E-state index in [1.807, 2.05) is 48.5 Å². The van der Waals surface area contributed by atoms with Gasteiger partial charge in [0.05, 0.1) is 5.56 Å². The Bertz CT molecular complexity index is 456. The van der Waals surface area contributed by atoms with Crippen LogP contribution in [0.1, 0.15) is 59.6 Å². The molecule has 0 saturated heterocycles. The molecule has 0 aliphatic carbocycles. The zero-order chi connectivity index (χ0) is 16.0. The molecule has 114 valence electrons. The number of rotatable bonds is 1. The van der Waals surface area contributed by atoms with Gasteiger partial charge in [-0.3, -0.25) is 0 Å². The fourth-order valence-electron chi connectivity index (χ4n) is 3.10. The molecule has 0 spiro atoms. The molecule has 0 aliphatic rings. The van der Waals surface area contributed by atoms with Crippen LogP contribution < -0.4 is 0 Å². The van der Waals surface area contributed by atoms with Gasteiger partial charge in [0.15, 0.2) is 0 Å². The number of hydrogen-bond acceptors (Lipinski definition) is 0. The minimum atomic E-state index is -4.33. The maximum Gasteiger partial charge on any atom is 0.416 e. The van der Waals surface area contributed by atoms with Gasteiger partial charge in [0.1, 0.15) is 0 Å². The summed E-state index contributed by atoms with van der Waals surface area (Å²) >= 11 is 0. The van der Waals surface area contributed by atoms with E-state index in [1.165, 1.54) is 12.1 Å². The van der Waals surface area contributed by atoms with Crippen LogP contribution in [-0.4, -0.2) is 0 Å². The van der Waals surface area contributed by atoms with Gasteiger partial charge >= 0.3 is 6.18 Å². The lowest BCUT2D eigenvalue weighted by Gasteiger charge is -2.52. The summed E-state index contributed by atoms with van der Waals surface area (Å²) in [4.78, 5) is 0. The maximum absolute atomic E-state index is 13.4. The number of hydrogen-bond donors (Lipinski definition) is 0. The Labute approximate surface area is 120 Å². The first-order valence-electron chi connectivity index (χ1n) is 6.89. The third-order valence-electron chi connectivity index (χ3n) is 4.77. The second-order valence-corrected chi connectivity index (χ2v) is 7.67. The van der Waals surface area contributed by atoms with Gasteiger partial charge in [-0.1, -0.05) is 66.7 Å². The van der Waals surface area contributed by atoms with Crippen LogP contribution in [0.3, 0.4) is 0 Å². The first-order valence-corrected chi connectivity index (χ1v) is 6.89. The SMILES string of the molecule is CC(C)(C)C(C)(c1ccccc1C(F)(F)F)C(C)(C)C. The Kier molecular flexibility index (Phi) is 4.08. The van der Waals surface area contributed by atoms with Crippen LogP contribution in [0.25, 0.3) is 0 Å². The van der Waals surface area contributed by atoms with Crippen LogP contribution in [0.15, 0.2) is 24.3 Å². The molecule has 0 bridgehead atoms. The highest BCUT2D eigenvalue weighted by atomic mass is 19.4. The van der Waals surface area contributed by atoms with Crippen molar-refractivity contribution >= 4 is 0 Å². The van der Waals surface area contributed by atoms with Gasteiger partial charge in [-0.15, -0.1) is 0 Å². The van der Waals surface area contributed by atoms with E-state index >= 15 is 0 Å². The van der Waals surface area contributed by atoms with Crippen LogP contribution in [0, 0.1) is 10.8 Å². The van der Waals surface area contributed by atoms with Crippen molar-refractivity contribution in [3.63, 3.8) is 0 Å². The molecule has 1 aromatic rings. The highest BCUT2D eigenvalue weighted by Gasteiger charge is 2.51. The van der Waals surface area contributed by atoms with Gasteiger partial charge < -0.3 is 0 Å². The predicted octanol–water partition coefficient (Wildman–Crippen LogP) is 6.06. The molecular formula is C17H25F3. The molecule has 3 heteroatoms. The second-order valence-electron chi connectivity index (χ2n) is 7.67. The molecule has 0 amide bonds. The molecule has 20 heavy (non-hydrogen) atoms. The van der Waals surface area contributed by atoms with E-state index in [0.717, 1.165) is 0 Å². The summed E-state index contributed by atoms with van der Waals surface area (Å²) in [5.41, 5.74) is -1.34. The van der Waals surface area contributed by atoms with Gasteiger partial charge in [0.25, 0.3) is 0 Å². The first kappa shape index (κ1) is 17.1. The molecule has 0 nitrogen and oxygen atoms in total. The van der Waals surface area contributed by atoms with Crippen LogP contribution in [0.4, 0.5) is 13.2 Å². The maximum atomic E-state index is 13.4. The van der Waals surface area contributed by atoms with E-state index in [-0.39, 0.29) is 10.8 Å². The molecule has 0 saturated carbocycles. The predicted molar refractivity (Wildman–Crippen MR) is 77.7 cm³/mol. The zero-order valence-corrected chi connectivity index (χ0v) is 13.4. The van der Waals surface area contributed by atoms with Gasteiger partial charge in [-0.05, 0) is 22.5 Å². The van der Waals surface area contributed by atoms with E-state index in [4.69, 9.17) is 0 Å². The van der Waals surface area contributed by atoms with Gasteiger partial charge in [0, 0.05) is 5.41 Å². The van der Waals surface area contributed by atoms with Crippen LogP contribution in [-0.2, 0) is 11.6 Å². The fraction of sp³-hybridized carbons (Fsp3) is 0.647. The molecule has 0 aliphatic heterocycles. The Morgan fingerprint density at radius 3 is 1.30 bits per heavy atom. The fourth-order valence-corrected chi connectivity index (χ4v) is 3.10. The number of halogens is 3. The average molecular weight is 286 g/mol. The van der Waals surface area contributed by atoms with Gasteiger partial charge in [-0.2, -0.15) is 13.2 Å². The monoisotopic (exact) mass is 286 g/mol. The summed E-state index contributed by atoms with van der Waals surface area (Å²) in [6, 6.07) is 5.96. The van der Waals surface area contributed by atoms with Crippen molar-refractivity contribution in [1.82, 2.24) is 0 Å². The van der Waals surface area contributed by atoms with Crippen molar-refractivity contribution < 1.29 is 13.2 Å². The molecule has 0 unspecified atom stereocenters. The molecule has 0 fully saturated rings. The van der Waals surface area contributed by atoms with Gasteiger partial charge in [-0.25, -0.2) is 0 Å². The summed E-state index contributed by atoms with van der Waals surface area (Å²) < 4.78 is 40.1. The van der Waals surface area contributed by atoms with E-state index in [9.17, 15) is 13.2 Å². The van der Waals surface area contributed by atoms with E-state index in [2.05, 4.69) is 0 Å². The van der Waals surface area contributed by atoms with Crippen molar-refractivity contribution in [2.75, 3.05) is 0 Å². The normalized spacial score (nSPS) is 14.5. The lowest BCUT2D eigenvalue weighted by Crippen LogP contribution is -2.48. The number of benzene rings is 1. The summed E-state index contributed by atoms with van der Waals surface area (Å²) in [6.45, 7) is 14.0. The smallest absolute Gasteiger partial charge is 0.166 e. The van der Waals surface area contributed by atoms with Crippen molar-refractivity contribution in [3.8, 4) is 0 Å². The molecule has 0 radical (unpaired) electrons. The standard InChI is InChI=1S/C17H25F3/c1-14(2,3)16(7,15(4,5)6)12-10-8-9-11-13(12)17(18,19)20/h8-11H,1-7H3. The summed E-state index contributed by atoms with van der Waals surface area (Å²) in [5.74, 6) is 0. The highest BCUT2D eigenvalue weighted by Crippen LogP contribution is 2.55. The summed E-state index contributed by atoms with van der Waals surface area (Å²) in [6.07, 6.45) is -4.33. The first-order chi connectivity index (χ1) is 8.73. The topological polar surface area (TPSA) is 0 Å². The molecule has 1 rings (SSSR count). The van der Waals surface area contributed by atoms with Crippen molar-refractivity contribution in [1.29, 1.82) is 0 Å². The minimum Gasteiger partial charge on any atom is -0.166 e. The van der Waals surface area contributed by atoms with Crippen LogP contribution in [0.5, 0.6) is 0 Å². The summed E-state index contributed by atoms with van der Waals surface area (Å²) in [5, 5.41) is 0. The van der Waals surface area contributed by atoms with E-state index in [1.54, 1.807) is 12.1 Å². The largest absolute Gasteiger partial charge is 0.416 e. The summed E-state index contributed by atoms with van der Waals surface area (Å²) in [7, 11) is 0. The third-order valence-corrected chi connectivity index (χ3v) is 4.77. The second kappa shape index (κ2) is 4.78. The van der Waals surface area contributed by atoms with Crippen LogP contribution in [0.2, 0.25) is 0 Å². The molecular weight excluding hydrogens is 261 g/mol. The Morgan fingerprint density at radius 1 is 0.650 bits per heavy atom. The molecule has 0 aromatic heterocycles. The lowest BCUT2D eigenvalue weighted by molar-refractivity contribution is -0.139. The van der Waals surface area contributed by atoms with Gasteiger partial charge in [0.2, 0.25) is 0 Å². The Balaban J connectivity index is 3.70. The average Bonchev–Trinajstić information content (AvgIpc) is 2.23. The quantitative estimate of drug-likeness (QED) is 0.589. The third kappa shape index (κ3) is 2.72. The van der Waals surface area contributed by atoms with E-state index in [0.29, 0.717) is 5.56 Å². The van der Waals surface area contributed by atoms with Crippen molar-refractivity contribution in [2.24, 2.45) is 10.8 Å². The van der Waals surface area contributed by atoms with Crippen LogP contribution >= 0.6 is 0 Å². The Hall–Kier alpha value is -0.990. The lowest BCUT2D eigenvalue weighted by atomic mass is 9.51. The van der Waals surface area contributed by atoms with Crippen molar-refractivity contribution in [3.05, 3.63) is 35.4 Å².